The van der Waals surface area contributed by atoms with Crippen molar-refractivity contribution in [2.75, 3.05) is 38.2 Å². The van der Waals surface area contributed by atoms with Gasteiger partial charge < -0.3 is 9.64 Å². The number of unbranched alkanes of at least 4 members (excludes halogenated alkanes) is 1. The Morgan fingerprint density at radius 2 is 1.73 bits per heavy atom. The number of hydrogen-bond acceptors (Lipinski definition) is 7. The maximum absolute atomic E-state index is 13.5. The van der Waals surface area contributed by atoms with E-state index in [1.807, 2.05) is 36.4 Å². The minimum atomic E-state index is -3.58. The molecular formula is C27H32N6O3S. The summed E-state index contributed by atoms with van der Waals surface area (Å²) in [5, 5.41) is 4.43. The zero-order valence-electron chi connectivity index (χ0n) is 21.2. The molecule has 1 aliphatic heterocycles. The fraction of sp³-hybridized carbons (Fsp3) is 0.370. The molecule has 0 spiro atoms. The number of benzene rings is 2. The van der Waals surface area contributed by atoms with Crippen molar-refractivity contribution in [3.8, 4) is 16.9 Å². The number of aromatic nitrogens is 4. The molecule has 37 heavy (non-hydrogen) atoms. The number of methoxy groups -OCH3 is 1. The van der Waals surface area contributed by atoms with Gasteiger partial charge in [-0.25, -0.2) is 13.4 Å². The highest BCUT2D eigenvalue weighted by Crippen LogP contribution is 2.32. The molecule has 3 heterocycles. The van der Waals surface area contributed by atoms with Gasteiger partial charge in [-0.2, -0.15) is 18.9 Å². The molecule has 10 heteroatoms. The van der Waals surface area contributed by atoms with Crippen LogP contribution >= 0.6 is 0 Å². The lowest BCUT2D eigenvalue weighted by Crippen LogP contribution is -2.35. The molecule has 2 aromatic heterocycles. The Kier molecular flexibility index (Phi) is 7.38. The lowest BCUT2D eigenvalue weighted by Gasteiger charge is -2.26. The first-order valence-electron chi connectivity index (χ1n) is 12.7. The van der Waals surface area contributed by atoms with Gasteiger partial charge in [-0.3, -0.25) is 0 Å². The summed E-state index contributed by atoms with van der Waals surface area (Å²) in [6.45, 7) is 4.20. The van der Waals surface area contributed by atoms with Crippen LogP contribution in [-0.4, -0.2) is 65.6 Å². The molecule has 5 rings (SSSR count). The Morgan fingerprint density at radius 1 is 0.946 bits per heavy atom. The van der Waals surface area contributed by atoms with Crippen molar-refractivity contribution in [3.05, 3.63) is 66.6 Å². The molecule has 0 unspecified atom stereocenters. The van der Waals surface area contributed by atoms with Crippen LogP contribution in [0.1, 0.15) is 31.7 Å². The topological polar surface area (TPSA) is 92.9 Å². The Hall–Kier alpha value is -3.50. The van der Waals surface area contributed by atoms with E-state index in [1.165, 1.54) is 11.9 Å². The van der Waals surface area contributed by atoms with Gasteiger partial charge in [0.05, 0.1) is 12.0 Å². The number of aryl methyl sites for hydroxylation is 1. The quantitative estimate of drug-likeness (QED) is 0.346. The average molecular weight is 521 g/mol. The Labute approximate surface area is 217 Å². The second kappa shape index (κ2) is 10.9. The van der Waals surface area contributed by atoms with Gasteiger partial charge in [-0.15, -0.1) is 0 Å². The van der Waals surface area contributed by atoms with E-state index in [0.29, 0.717) is 43.3 Å². The fourth-order valence-electron chi connectivity index (χ4n) is 4.75. The van der Waals surface area contributed by atoms with Crippen molar-refractivity contribution in [1.82, 2.24) is 23.9 Å². The average Bonchev–Trinajstić information content (AvgIpc) is 3.27. The first kappa shape index (κ1) is 25.2. The summed E-state index contributed by atoms with van der Waals surface area (Å²) in [5.74, 6) is 2.13. The number of fused-ring (bicyclic) bond motifs is 1. The van der Waals surface area contributed by atoms with E-state index in [0.717, 1.165) is 42.0 Å². The molecule has 4 aromatic rings. The maximum atomic E-state index is 13.5. The molecule has 0 amide bonds. The molecule has 0 radical (unpaired) electrons. The second-order valence-electron chi connectivity index (χ2n) is 9.19. The van der Waals surface area contributed by atoms with Crippen LogP contribution in [0.3, 0.4) is 0 Å². The summed E-state index contributed by atoms with van der Waals surface area (Å²) in [5.41, 5.74) is 3.04. The summed E-state index contributed by atoms with van der Waals surface area (Å²) in [6, 6.07) is 15.2. The van der Waals surface area contributed by atoms with Gasteiger partial charge in [0.25, 0.3) is 5.78 Å². The van der Waals surface area contributed by atoms with Crippen molar-refractivity contribution in [2.24, 2.45) is 0 Å². The first-order chi connectivity index (χ1) is 18.0. The molecule has 2 aromatic carbocycles. The Morgan fingerprint density at radius 3 is 2.46 bits per heavy atom. The molecule has 0 N–H and O–H groups in total. The van der Waals surface area contributed by atoms with E-state index in [-0.39, 0.29) is 0 Å². The predicted molar refractivity (Wildman–Crippen MR) is 143 cm³/mol. The lowest BCUT2D eigenvalue weighted by atomic mass is 10.1. The SMILES string of the molecule is CCCCc1ccc(S(=O)(=O)N2CCCN(c3c(-c4ccc(OC)cc4)cnc4ncnn34)CC2)cc1. The summed E-state index contributed by atoms with van der Waals surface area (Å²) >= 11 is 0. The number of rotatable bonds is 8. The zero-order valence-corrected chi connectivity index (χ0v) is 22.1. The minimum Gasteiger partial charge on any atom is -0.497 e. The van der Waals surface area contributed by atoms with Crippen LogP contribution in [0.15, 0.2) is 66.0 Å². The van der Waals surface area contributed by atoms with Gasteiger partial charge in [-0.05, 0) is 54.7 Å². The van der Waals surface area contributed by atoms with E-state index < -0.39 is 10.0 Å². The predicted octanol–water partition coefficient (Wildman–Crippen LogP) is 4.04. The third kappa shape index (κ3) is 5.17. The van der Waals surface area contributed by atoms with Gasteiger partial charge in [-0.1, -0.05) is 37.6 Å². The van der Waals surface area contributed by atoms with Crippen molar-refractivity contribution in [1.29, 1.82) is 0 Å². The minimum absolute atomic E-state index is 0.350. The second-order valence-corrected chi connectivity index (χ2v) is 11.1. The molecule has 1 saturated heterocycles. The smallest absolute Gasteiger partial charge is 0.254 e. The molecule has 9 nitrogen and oxygen atoms in total. The monoisotopic (exact) mass is 520 g/mol. The number of anilines is 1. The summed E-state index contributed by atoms with van der Waals surface area (Å²) in [4.78, 5) is 11.3. The van der Waals surface area contributed by atoms with E-state index in [1.54, 1.807) is 34.3 Å². The molecule has 1 fully saturated rings. The van der Waals surface area contributed by atoms with Gasteiger partial charge in [0.15, 0.2) is 0 Å². The van der Waals surface area contributed by atoms with Gasteiger partial charge in [0.2, 0.25) is 10.0 Å². The van der Waals surface area contributed by atoms with Crippen LogP contribution in [0.25, 0.3) is 16.9 Å². The van der Waals surface area contributed by atoms with E-state index in [2.05, 4.69) is 26.9 Å². The van der Waals surface area contributed by atoms with Crippen molar-refractivity contribution in [3.63, 3.8) is 0 Å². The zero-order chi connectivity index (χ0) is 25.8. The third-order valence-corrected chi connectivity index (χ3v) is 8.73. The largest absolute Gasteiger partial charge is 0.497 e. The van der Waals surface area contributed by atoms with Gasteiger partial charge in [0.1, 0.15) is 17.9 Å². The lowest BCUT2D eigenvalue weighted by molar-refractivity contribution is 0.415. The van der Waals surface area contributed by atoms with Crippen molar-refractivity contribution in [2.45, 2.75) is 37.5 Å². The van der Waals surface area contributed by atoms with Crippen LogP contribution in [-0.2, 0) is 16.4 Å². The highest BCUT2D eigenvalue weighted by atomic mass is 32.2. The highest BCUT2D eigenvalue weighted by Gasteiger charge is 2.29. The standard InChI is InChI=1S/C27H32N6O3S/c1-3-4-6-21-7-13-24(14-8-21)37(34,35)32-16-5-15-31(17-18-32)26-25(19-28-27-29-20-30-33(26)27)22-9-11-23(36-2)12-10-22/h7-14,19-20H,3-6,15-18H2,1-2H3. The number of nitrogens with zero attached hydrogens (tertiary/aromatic N) is 6. The fourth-order valence-corrected chi connectivity index (χ4v) is 6.22. The summed E-state index contributed by atoms with van der Waals surface area (Å²) in [6.07, 6.45) is 7.16. The molecule has 1 aliphatic rings. The maximum Gasteiger partial charge on any atom is 0.254 e. The molecule has 0 saturated carbocycles. The van der Waals surface area contributed by atoms with E-state index in [9.17, 15) is 8.42 Å². The van der Waals surface area contributed by atoms with E-state index >= 15 is 0 Å². The highest BCUT2D eigenvalue weighted by molar-refractivity contribution is 7.89. The van der Waals surface area contributed by atoms with Crippen LogP contribution in [0, 0.1) is 0 Å². The molecule has 0 bridgehead atoms. The Balaban J connectivity index is 1.41. The molecule has 0 atom stereocenters. The summed E-state index contributed by atoms with van der Waals surface area (Å²) < 4.78 is 35.6. The summed E-state index contributed by atoms with van der Waals surface area (Å²) in [7, 11) is -1.94. The third-order valence-electron chi connectivity index (χ3n) is 6.82. The van der Waals surface area contributed by atoms with Gasteiger partial charge in [0, 0.05) is 37.9 Å². The van der Waals surface area contributed by atoms with Crippen molar-refractivity contribution < 1.29 is 13.2 Å². The van der Waals surface area contributed by atoms with Crippen LogP contribution in [0.4, 0.5) is 5.82 Å². The van der Waals surface area contributed by atoms with Crippen LogP contribution in [0.2, 0.25) is 0 Å². The first-order valence-corrected chi connectivity index (χ1v) is 14.1. The molecule has 194 valence electrons. The number of sulfonamides is 1. The van der Waals surface area contributed by atoms with Crippen LogP contribution in [0.5, 0.6) is 5.75 Å². The normalized spacial score (nSPS) is 15.1. The molecule has 0 aliphatic carbocycles. The number of ether oxygens (including phenoxy) is 1. The molecular weight excluding hydrogens is 488 g/mol. The van der Waals surface area contributed by atoms with Crippen molar-refractivity contribution >= 4 is 21.6 Å². The van der Waals surface area contributed by atoms with E-state index in [4.69, 9.17) is 4.74 Å². The van der Waals surface area contributed by atoms with Gasteiger partial charge >= 0.3 is 0 Å². The number of hydrogen-bond donors (Lipinski definition) is 0. The van der Waals surface area contributed by atoms with Crippen LogP contribution < -0.4 is 9.64 Å². The Bertz CT molecular complexity index is 1450.